The Morgan fingerprint density at radius 1 is 1.35 bits per heavy atom. The van der Waals surface area contributed by atoms with Crippen molar-refractivity contribution < 1.29 is 4.52 Å². The summed E-state index contributed by atoms with van der Waals surface area (Å²) in [6, 6.07) is 2.04. The lowest BCUT2D eigenvalue weighted by molar-refractivity contribution is 0.312. The zero-order valence-corrected chi connectivity index (χ0v) is 13.3. The van der Waals surface area contributed by atoms with E-state index in [1.807, 2.05) is 6.07 Å². The fourth-order valence-electron chi connectivity index (χ4n) is 2.53. The molecule has 0 aromatic carbocycles. The Hall–Kier alpha value is -1.16. The fourth-order valence-corrected chi connectivity index (χ4v) is 3.31. The molecule has 2 aromatic heterocycles. The second-order valence-corrected chi connectivity index (χ2v) is 7.92. The van der Waals surface area contributed by atoms with Crippen LogP contribution in [0.3, 0.4) is 0 Å². The van der Waals surface area contributed by atoms with E-state index in [9.17, 15) is 0 Å². The topological polar surface area (TPSA) is 38.9 Å². The van der Waals surface area contributed by atoms with Crippen LogP contribution in [0.2, 0.25) is 0 Å². The van der Waals surface area contributed by atoms with Crippen LogP contribution in [0.4, 0.5) is 0 Å². The van der Waals surface area contributed by atoms with Gasteiger partial charge in [0.2, 0.25) is 0 Å². The third-order valence-electron chi connectivity index (χ3n) is 3.76. The minimum atomic E-state index is 0.217. The van der Waals surface area contributed by atoms with Crippen LogP contribution >= 0.6 is 11.3 Å². The van der Waals surface area contributed by atoms with Gasteiger partial charge in [-0.15, -0.1) is 11.3 Å². The summed E-state index contributed by atoms with van der Waals surface area (Å²) >= 11 is 1.68. The first kappa shape index (κ1) is 13.8. The maximum absolute atomic E-state index is 5.43. The minimum absolute atomic E-state index is 0.217. The molecular weight excluding hydrogens is 268 g/mol. The van der Waals surface area contributed by atoms with Gasteiger partial charge in [-0.25, -0.2) is 4.98 Å². The predicted octanol–water partition coefficient (Wildman–Crippen LogP) is 4.73. The van der Waals surface area contributed by atoms with Crippen molar-refractivity contribution in [3.63, 3.8) is 0 Å². The molecule has 3 nitrogen and oxygen atoms in total. The summed E-state index contributed by atoms with van der Waals surface area (Å²) in [5.41, 5.74) is 2.32. The van der Waals surface area contributed by atoms with Crippen molar-refractivity contribution in [2.75, 3.05) is 0 Å². The van der Waals surface area contributed by atoms with E-state index in [0.29, 0.717) is 0 Å². The van der Waals surface area contributed by atoms with Crippen LogP contribution in [0.1, 0.15) is 51.5 Å². The van der Waals surface area contributed by atoms with Gasteiger partial charge in [-0.1, -0.05) is 45.2 Å². The van der Waals surface area contributed by atoms with E-state index in [0.717, 1.165) is 35.2 Å². The number of rotatable bonds is 4. The Morgan fingerprint density at radius 2 is 2.15 bits per heavy atom. The van der Waals surface area contributed by atoms with E-state index in [4.69, 9.17) is 9.51 Å². The highest BCUT2D eigenvalue weighted by molar-refractivity contribution is 7.13. The molecule has 0 amide bonds. The van der Waals surface area contributed by atoms with E-state index in [1.54, 1.807) is 11.3 Å². The highest BCUT2D eigenvalue weighted by atomic mass is 32.1. The molecule has 108 valence electrons. The van der Waals surface area contributed by atoms with Gasteiger partial charge in [0.1, 0.15) is 16.5 Å². The van der Waals surface area contributed by atoms with E-state index in [2.05, 4.69) is 31.3 Å². The van der Waals surface area contributed by atoms with Gasteiger partial charge in [0, 0.05) is 17.9 Å². The SMILES string of the molecule is CC(C)(C)Cc1cc(-c2nc(CC3CCC3)cs2)no1. The molecule has 0 atom stereocenters. The lowest BCUT2D eigenvalue weighted by Gasteiger charge is -2.24. The summed E-state index contributed by atoms with van der Waals surface area (Å²) in [6.45, 7) is 6.61. The second-order valence-electron chi connectivity index (χ2n) is 7.06. The third kappa shape index (κ3) is 3.29. The molecule has 1 fully saturated rings. The van der Waals surface area contributed by atoms with Crippen LogP contribution in [0.25, 0.3) is 10.7 Å². The quantitative estimate of drug-likeness (QED) is 0.817. The summed E-state index contributed by atoms with van der Waals surface area (Å²) in [4.78, 5) is 4.71. The highest BCUT2D eigenvalue weighted by Crippen LogP contribution is 2.32. The Labute approximate surface area is 124 Å². The number of hydrogen-bond acceptors (Lipinski definition) is 4. The zero-order chi connectivity index (χ0) is 14.2. The number of nitrogens with zero attached hydrogens (tertiary/aromatic N) is 2. The monoisotopic (exact) mass is 290 g/mol. The Bertz CT molecular complexity index is 575. The summed E-state index contributed by atoms with van der Waals surface area (Å²) in [6.07, 6.45) is 6.16. The maximum Gasteiger partial charge on any atom is 0.145 e. The number of thiazole rings is 1. The summed E-state index contributed by atoms with van der Waals surface area (Å²) in [5, 5.41) is 7.33. The van der Waals surface area contributed by atoms with E-state index < -0.39 is 0 Å². The number of aromatic nitrogens is 2. The largest absolute Gasteiger partial charge is 0.361 e. The Morgan fingerprint density at radius 3 is 2.80 bits per heavy atom. The molecule has 2 aromatic rings. The van der Waals surface area contributed by atoms with Crippen molar-refractivity contribution in [3.05, 3.63) is 22.9 Å². The fraction of sp³-hybridized carbons (Fsp3) is 0.625. The molecule has 3 rings (SSSR count). The third-order valence-corrected chi connectivity index (χ3v) is 4.67. The van der Waals surface area contributed by atoms with E-state index in [-0.39, 0.29) is 5.41 Å². The Kier molecular flexibility index (Phi) is 3.67. The molecule has 20 heavy (non-hydrogen) atoms. The molecular formula is C16H22N2OS. The van der Waals surface area contributed by atoms with Crippen molar-refractivity contribution in [3.8, 4) is 10.7 Å². The van der Waals surface area contributed by atoms with Crippen LogP contribution in [0, 0.1) is 11.3 Å². The zero-order valence-electron chi connectivity index (χ0n) is 12.5. The van der Waals surface area contributed by atoms with Crippen molar-refractivity contribution in [2.24, 2.45) is 11.3 Å². The van der Waals surface area contributed by atoms with Gasteiger partial charge in [-0.05, 0) is 17.8 Å². The minimum Gasteiger partial charge on any atom is -0.361 e. The first-order valence-electron chi connectivity index (χ1n) is 7.40. The summed E-state index contributed by atoms with van der Waals surface area (Å²) in [5.74, 6) is 1.81. The van der Waals surface area contributed by atoms with Crippen LogP contribution in [-0.4, -0.2) is 10.1 Å². The average Bonchev–Trinajstić information content (AvgIpc) is 2.89. The van der Waals surface area contributed by atoms with Crippen molar-refractivity contribution in [2.45, 2.75) is 52.9 Å². The normalized spacial score (nSPS) is 16.4. The molecule has 0 saturated heterocycles. The molecule has 2 heterocycles. The van der Waals surface area contributed by atoms with Crippen LogP contribution in [-0.2, 0) is 12.8 Å². The first-order valence-corrected chi connectivity index (χ1v) is 8.28. The van der Waals surface area contributed by atoms with Crippen molar-refractivity contribution in [1.82, 2.24) is 10.1 Å². The Balaban J connectivity index is 1.69. The summed E-state index contributed by atoms with van der Waals surface area (Å²) in [7, 11) is 0. The maximum atomic E-state index is 5.43. The molecule has 0 radical (unpaired) electrons. The van der Waals surface area contributed by atoms with Gasteiger partial charge >= 0.3 is 0 Å². The molecule has 0 N–H and O–H groups in total. The standard InChI is InChI=1S/C16H22N2OS/c1-16(2,3)9-13-8-14(18-19-13)15-17-12(10-20-15)7-11-5-4-6-11/h8,10-11H,4-7,9H2,1-3H3. The highest BCUT2D eigenvalue weighted by Gasteiger charge is 2.20. The predicted molar refractivity (Wildman–Crippen MR) is 81.8 cm³/mol. The van der Waals surface area contributed by atoms with Gasteiger partial charge in [0.25, 0.3) is 0 Å². The lowest BCUT2D eigenvalue weighted by atomic mass is 9.82. The van der Waals surface area contributed by atoms with Crippen LogP contribution in [0.15, 0.2) is 16.0 Å². The molecule has 1 saturated carbocycles. The summed E-state index contributed by atoms with van der Waals surface area (Å²) < 4.78 is 5.43. The van der Waals surface area contributed by atoms with Gasteiger partial charge < -0.3 is 4.52 Å². The molecule has 1 aliphatic carbocycles. The number of hydrogen-bond donors (Lipinski definition) is 0. The molecule has 0 aliphatic heterocycles. The van der Waals surface area contributed by atoms with E-state index in [1.165, 1.54) is 25.0 Å². The van der Waals surface area contributed by atoms with Gasteiger partial charge in [-0.2, -0.15) is 0 Å². The van der Waals surface area contributed by atoms with Gasteiger partial charge in [0.05, 0.1) is 5.69 Å². The molecule has 0 bridgehead atoms. The molecule has 0 spiro atoms. The van der Waals surface area contributed by atoms with Crippen molar-refractivity contribution >= 4 is 11.3 Å². The second kappa shape index (κ2) is 5.32. The molecule has 0 unspecified atom stereocenters. The molecule has 4 heteroatoms. The average molecular weight is 290 g/mol. The van der Waals surface area contributed by atoms with E-state index >= 15 is 0 Å². The van der Waals surface area contributed by atoms with Crippen LogP contribution in [0.5, 0.6) is 0 Å². The van der Waals surface area contributed by atoms with Gasteiger partial charge in [-0.3, -0.25) is 0 Å². The van der Waals surface area contributed by atoms with Crippen LogP contribution < -0.4 is 0 Å². The van der Waals surface area contributed by atoms with Gasteiger partial charge in [0.15, 0.2) is 0 Å². The first-order chi connectivity index (χ1) is 9.49. The molecule has 1 aliphatic rings. The lowest BCUT2D eigenvalue weighted by Crippen LogP contribution is -2.13. The van der Waals surface area contributed by atoms with Crippen molar-refractivity contribution in [1.29, 1.82) is 0 Å². The smallest absolute Gasteiger partial charge is 0.145 e.